The number of hydrogen-bond acceptors (Lipinski definition) is 11. The summed E-state index contributed by atoms with van der Waals surface area (Å²) in [5.41, 5.74) is 17.0. The normalized spacial score (nSPS) is 11.6. The molecule has 8 N–H and O–H groups in total. The second kappa shape index (κ2) is 29.9. The number of hydroxylamine groups is 3. The zero-order chi connectivity index (χ0) is 57.6. The lowest BCUT2D eigenvalue weighted by atomic mass is 9.96. The van der Waals surface area contributed by atoms with Gasteiger partial charge in [0.15, 0.2) is 0 Å². The van der Waals surface area contributed by atoms with Gasteiger partial charge < -0.3 is 24.1 Å². The minimum atomic E-state index is -0.584. The molecule has 3 heterocycles. The fraction of sp³-hybridized carbons (Fsp3) is 0.250. The first kappa shape index (κ1) is 59.8. The summed E-state index contributed by atoms with van der Waals surface area (Å²) in [4.78, 5) is 47.9. The number of imidazole rings is 3. The van der Waals surface area contributed by atoms with Crippen molar-refractivity contribution >= 4 is 69.0 Å². The number of aryl methyl sites for hydroxylation is 5. The van der Waals surface area contributed by atoms with Crippen molar-refractivity contribution in [2.45, 2.75) is 86.0 Å². The van der Waals surface area contributed by atoms with Crippen LogP contribution in [0, 0.1) is 5.41 Å². The lowest BCUT2D eigenvalue weighted by molar-refractivity contribution is -0.124. The number of nitrogens with zero attached hydrogens (tertiary/aromatic N) is 6. The molecule has 0 aliphatic carbocycles. The molecule has 3 amide bonds. The Morgan fingerprint density at radius 2 is 0.877 bits per heavy atom. The van der Waals surface area contributed by atoms with Crippen molar-refractivity contribution in [3.8, 4) is 0 Å². The van der Waals surface area contributed by atoms with Gasteiger partial charge in [0.05, 0.1) is 39.7 Å². The quantitative estimate of drug-likeness (QED) is 0.0146. The molecule has 0 atom stereocenters. The molecule has 0 radical (unpaired) electrons. The Bertz CT molecular complexity index is 3580. The summed E-state index contributed by atoms with van der Waals surface area (Å²) in [5.74, 6) is 1.35. The van der Waals surface area contributed by atoms with Gasteiger partial charge >= 0.3 is 0 Å². The molecule has 0 aliphatic heterocycles. The first-order valence-corrected chi connectivity index (χ1v) is 27.0. The van der Waals surface area contributed by atoms with Gasteiger partial charge in [0, 0.05) is 70.2 Å². The van der Waals surface area contributed by atoms with Crippen molar-refractivity contribution in [2.24, 2.45) is 5.41 Å². The summed E-state index contributed by atoms with van der Waals surface area (Å²) in [6.45, 7) is 12.8. The van der Waals surface area contributed by atoms with E-state index in [1.807, 2.05) is 95.6 Å². The summed E-state index contributed by atoms with van der Waals surface area (Å²) in [5, 5.41) is 38.6. The zero-order valence-corrected chi connectivity index (χ0v) is 46.3. The molecule has 9 rings (SSSR count). The molecule has 0 fully saturated rings. The van der Waals surface area contributed by atoms with Crippen LogP contribution < -0.4 is 21.8 Å². The van der Waals surface area contributed by atoms with E-state index in [0.717, 1.165) is 126 Å². The van der Waals surface area contributed by atoms with E-state index >= 15 is 0 Å². The molecule has 0 unspecified atom stereocenters. The van der Waals surface area contributed by atoms with E-state index in [0.29, 0.717) is 6.54 Å². The number of hydrogen-bond donors (Lipinski definition) is 8. The fourth-order valence-electron chi connectivity index (χ4n) is 9.28. The molecule has 6 aromatic carbocycles. The summed E-state index contributed by atoms with van der Waals surface area (Å²) in [7, 11) is 0. The van der Waals surface area contributed by atoms with Crippen LogP contribution in [0.25, 0.3) is 51.3 Å². The Morgan fingerprint density at radius 3 is 1.27 bits per heavy atom. The molecule has 0 aliphatic rings. The number of fused-ring (bicyclic) bond motifs is 3. The second-order valence-corrected chi connectivity index (χ2v) is 20.4. The molecule has 0 spiro atoms. The molecule has 0 bridgehead atoms. The maximum atomic E-state index is 11.2. The Labute approximate surface area is 471 Å². The highest BCUT2D eigenvalue weighted by molar-refractivity contribution is 5.93. The minimum absolute atomic E-state index is 0.0438. The summed E-state index contributed by atoms with van der Waals surface area (Å²) >= 11 is 0. The third-order valence-corrected chi connectivity index (χ3v) is 13.1. The summed E-state index contributed by atoms with van der Waals surface area (Å²) in [6.07, 6.45) is 13.1. The highest BCUT2D eigenvalue weighted by Crippen LogP contribution is 2.26. The van der Waals surface area contributed by atoms with Gasteiger partial charge in [-0.25, -0.2) is 31.4 Å². The predicted octanol–water partition coefficient (Wildman–Crippen LogP) is 9.63. The van der Waals surface area contributed by atoms with Crippen LogP contribution in [-0.2, 0) is 72.7 Å². The number of nitrogens with one attached hydrogen (secondary N) is 4. The van der Waals surface area contributed by atoms with Gasteiger partial charge in [-0.05, 0) is 113 Å². The molecular formula is C64H72N10O7. The fourth-order valence-corrected chi connectivity index (χ4v) is 9.28. The number of rotatable bonds is 21. The number of aliphatic hydroxyl groups excluding tert-OH is 1. The van der Waals surface area contributed by atoms with Crippen molar-refractivity contribution in [2.75, 3.05) is 13.2 Å². The maximum Gasteiger partial charge on any atom is 0.267 e. The molecule has 0 saturated carbocycles. The van der Waals surface area contributed by atoms with Crippen molar-refractivity contribution in [3.05, 3.63) is 215 Å². The van der Waals surface area contributed by atoms with E-state index in [1.165, 1.54) is 34.9 Å². The molecule has 17 heteroatoms. The van der Waals surface area contributed by atoms with Crippen LogP contribution in [0.1, 0.15) is 78.5 Å². The highest BCUT2D eigenvalue weighted by atomic mass is 16.5. The van der Waals surface area contributed by atoms with E-state index in [9.17, 15) is 19.5 Å². The van der Waals surface area contributed by atoms with Crippen molar-refractivity contribution in [1.29, 1.82) is 0 Å². The number of aliphatic hydroxyl groups is 1. The zero-order valence-electron chi connectivity index (χ0n) is 46.3. The van der Waals surface area contributed by atoms with Gasteiger partial charge in [0.1, 0.15) is 17.5 Å². The number of benzene rings is 6. The van der Waals surface area contributed by atoms with Gasteiger partial charge in [-0.15, -0.1) is 0 Å². The van der Waals surface area contributed by atoms with E-state index in [4.69, 9.17) is 30.6 Å². The van der Waals surface area contributed by atoms with E-state index in [1.54, 1.807) is 34.7 Å². The topological polar surface area (TPSA) is 234 Å². The van der Waals surface area contributed by atoms with Crippen LogP contribution in [0.15, 0.2) is 164 Å². The average Bonchev–Trinajstić information content (AvgIpc) is 4.21. The van der Waals surface area contributed by atoms with Gasteiger partial charge in [-0.1, -0.05) is 130 Å². The molecule has 81 heavy (non-hydrogen) atoms. The number of amides is 3. The molecular weight excluding hydrogens is 1020 g/mol. The Kier molecular flexibility index (Phi) is 22.1. The number of aromatic nitrogens is 6. The molecule has 0 saturated heterocycles. The SMILES string of the molecule is CC(C)(C)Cn1c(CCc2ccccc2)nc2cc(/C=C/C(=O)NO)ccc21.CCn1c(CCNCc2ccccc2)nc2cc(/C=C/C(=O)NO)ccc21.O=C(/C=C/c1ccc2c(c1)nc(CCc1ccccc1)n2CCO)NO. The molecule has 9 aromatic rings. The first-order valence-electron chi connectivity index (χ1n) is 27.0. The maximum absolute atomic E-state index is 11.2. The van der Waals surface area contributed by atoms with E-state index < -0.39 is 17.7 Å². The third kappa shape index (κ3) is 17.8. The smallest absolute Gasteiger partial charge is 0.267 e. The van der Waals surface area contributed by atoms with Crippen LogP contribution >= 0.6 is 0 Å². The van der Waals surface area contributed by atoms with Gasteiger partial charge in [-0.3, -0.25) is 30.0 Å². The van der Waals surface area contributed by atoms with Crippen LogP contribution in [0.4, 0.5) is 0 Å². The van der Waals surface area contributed by atoms with Crippen LogP contribution in [0.2, 0.25) is 0 Å². The molecule has 17 nitrogen and oxygen atoms in total. The number of carbonyl (C=O) groups excluding carboxylic acids is 3. The Hall–Kier alpha value is -8.84. The van der Waals surface area contributed by atoms with Gasteiger partial charge in [0.2, 0.25) is 0 Å². The van der Waals surface area contributed by atoms with Crippen LogP contribution in [0.5, 0.6) is 0 Å². The van der Waals surface area contributed by atoms with Crippen molar-refractivity contribution in [3.63, 3.8) is 0 Å². The first-order chi connectivity index (χ1) is 39.3. The predicted molar refractivity (Wildman–Crippen MR) is 318 cm³/mol. The van der Waals surface area contributed by atoms with E-state index in [2.05, 4.69) is 96.7 Å². The van der Waals surface area contributed by atoms with Crippen LogP contribution in [0.3, 0.4) is 0 Å². The minimum Gasteiger partial charge on any atom is -0.395 e. The second-order valence-electron chi connectivity index (χ2n) is 20.4. The van der Waals surface area contributed by atoms with Gasteiger partial charge in [0.25, 0.3) is 17.7 Å². The largest absolute Gasteiger partial charge is 0.395 e. The van der Waals surface area contributed by atoms with Gasteiger partial charge in [-0.2, -0.15) is 0 Å². The van der Waals surface area contributed by atoms with Crippen molar-refractivity contribution in [1.82, 2.24) is 50.4 Å². The third-order valence-electron chi connectivity index (χ3n) is 13.1. The summed E-state index contributed by atoms with van der Waals surface area (Å²) in [6, 6.07) is 48.6. The number of carbonyl (C=O) groups is 3. The Morgan fingerprint density at radius 1 is 0.494 bits per heavy atom. The monoisotopic (exact) mass is 1090 g/mol. The van der Waals surface area contributed by atoms with Crippen LogP contribution in [-0.4, -0.2) is 80.3 Å². The Balaban J connectivity index is 0.000000175. The molecule has 420 valence electrons. The van der Waals surface area contributed by atoms with Crippen molar-refractivity contribution < 1.29 is 35.1 Å². The molecule has 3 aromatic heterocycles. The average molecular weight is 1090 g/mol. The standard InChI is InChI=1S/C23H27N3O2.C21H24N4O2.C20H21N3O3/c1-23(2,3)16-26-20-12-9-18(11-14-22(27)25-28)15-19(20)24-21(26)13-10-17-7-5-4-6-8-17;1-2-25-19-10-8-16(9-11-21(26)24-27)14-18(19)23-20(25)12-13-22-15-17-6-4-3-5-7-17;24-13-12-23-18-9-6-16(8-11-20(25)22-26)14-17(18)21-19(23)10-7-15-4-2-1-3-5-15/h4-9,11-12,14-15,28H,10,13,16H2,1-3H3,(H,25,27);3-11,14,22,27H,2,12-13,15H2,1H3,(H,24,26);1-6,8-9,11,14,24,26H,7,10,12-13H2,(H,22,25)/b14-11+;11-9+;11-8+. The van der Waals surface area contributed by atoms with E-state index in [-0.39, 0.29) is 12.0 Å². The lowest BCUT2D eigenvalue weighted by Gasteiger charge is -2.21. The highest BCUT2D eigenvalue weighted by Gasteiger charge is 2.18. The lowest BCUT2D eigenvalue weighted by Crippen LogP contribution is -2.18. The summed E-state index contributed by atoms with van der Waals surface area (Å²) < 4.78 is 6.56.